The number of carbonyl (C=O) groups is 2. The SMILES string of the molecule is CCOC(=O)C1CCCN(CC(=O)Nc2ccnn2C(C)C2CC2)C1. The summed E-state index contributed by atoms with van der Waals surface area (Å²) >= 11 is 0. The molecule has 2 unspecified atom stereocenters. The summed E-state index contributed by atoms with van der Waals surface area (Å²) in [5.74, 6) is 1.09. The molecule has 1 saturated heterocycles. The number of amides is 1. The Morgan fingerprint density at radius 3 is 2.92 bits per heavy atom. The number of hydrogen-bond donors (Lipinski definition) is 1. The minimum absolute atomic E-state index is 0.0609. The van der Waals surface area contributed by atoms with Crippen LogP contribution in [0.5, 0.6) is 0 Å². The zero-order chi connectivity index (χ0) is 17.8. The fourth-order valence-corrected chi connectivity index (χ4v) is 3.55. The summed E-state index contributed by atoms with van der Waals surface area (Å²) in [5, 5.41) is 7.33. The number of carbonyl (C=O) groups excluding carboxylic acids is 2. The molecule has 1 aliphatic heterocycles. The van der Waals surface area contributed by atoms with Crippen molar-refractivity contribution in [3.8, 4) is 0 Å². The van der Waals surface area contributed by atoms with E-state index in [1.807, 2.05) is 22.6 Å². The van der Waals surface area contributed by atoms with Crippen LogP contribution in [0.1, 0.15) is 45.6 Å². The summed E-state index contributed by atoms with van der Waals surface area (Å²) in [5.41, 5.74) is 0. The van der Waals surface area contributed by atoms with Crippen molar-refractivity contribution < 1.29 is 14.3 Å². The number of anilines is 1. The number of aromatic nitrogens is 2. The lowest BCUT2D eigenvalue weighted by atomic mass is 9.98. The fraction of sp³-hybridized carbons (Fsp3) is 0.722. The molecule has 138 valence electrons. The minimum atomic E-state index is -0.149. The highest BCUT2D eigenvalue weighted by atomic mass is 16.5. The first kappa shape index (κ1) is 17.9. The lowest BCUT2D eigenvalue weighted by Crippen LogP contribution is -2.43. The maximum atomic E-state index is 12.4. The number of nitrogens with one attached hydrogen (secondary N) is 1. The van der Waals surface area contributed by atoms with Crippen molar-refractivity contribution in [3.63, 3.8) is 0 Å². The van der Waals surface area contributed by atoms with E-state index in [1.165, 1.54) is 12.8 Å². The average Bonchev–Trinajstić information content (AvgIpc) is 3.34. The molecular weight excluding hydrogens is 320 g/mol. The number of likely N-dealkylation sites (tertiary alicyclic amines) is 1. The largest absolute Gasteiger partial charge is 0.466 e. The van der Waals surface area contributed by atoms with Gasteiger partial charge in [-0.3, -0.25) is 14.5 Å². The Balaban J connectivity index is 1.52. The summed E-state index contributed by atoms with van der Waals surface area (Å²) in [6, 6.07) is 2.16. The van der Waals surface area contributed by atoms with Gasteiger partial charge in [0, 0.05) is 12.6 Å². The number of nitrogens with zero attached hydrogens (tertiary/aromatic N) is 3. The summed E-state index contributed by atoms with van der Waals surface area (Å²) < 4.78 is 7.02. The Kier molecular flexibility index (Phi) is 5.73. The maximum Gasteiger partial charge on any atom is 0.310 e. The van der Waals surface area contributed by atoms with Crippen LogP contribution in [0.15, 0.2) is 12.3 Å². The molecule has 1 aromatic heterocycles. The Bertz CT molecular complexity index is 611. The molecule has 3 rings (SSSR count). The number of ether oxygens (including phenoxy) is 1. The minimum Gasteiger partial charge on any atom is -0.466 e. The van der Waals surface area contributed by atoms with E-state index in [9.17, 15) is 9.59 Å². The van der Waals surface area contributed by atoms with Crippen LogP contribution in [-0.2, 0) is 14.3 Å². The molecule has 2 aliphatic rings. The molecule has 2 atom stereocenters. The monoisotopic (exact) mass is 348 g/mol. The summed E-state index contributed by atoms with van der Waals surface area (Å²) in [4.78, 5) is 26.4. The van der Waals surface area contributed by atoms with Gasteiger partial charge in [-0.05, 0) is 52.0 Å². The van der Waals surface area contributed by atoms with Crippen molar-refractivity contribution in [1.29, 1.82) is 0 Å². The first-order valence-corrected chi connectivity index (χ1v) is 9.30. The topological polar surface area (TPSA) is 76.5 Å². The molecule has 2 fully saturated rings. The lowest BCUT2D eigenvalue weighted by Gasteiger charge is -2.30. The third-order valence-corrected chi connectivity index (χ3v) is 5.12. The zero-order valence-electron chi connectivity index (χ0n) is 15.1. The Hall–Kier alpha value is -1.89. The Morgan fingerprint density at radius 2 is 2.20 bits per heavy atom. The van der Waals surface area contributed by atoms with Gasteiger partial charge in [0.1, 0.15) is 5.82 Å². The molecule has 1 aliphatic carbocycles. The normalized spacial score (nSPS) is 22.4. The molecule has 0 bridgehead atoms. The first-order chi connectivity index (χ1) is 12.1. The molecule has 0 aromatic carbocycles. The van der Waals surface area contributed by atoms with E-state index in [0.29, 0.717) is 31.7 Å². The van der Waals surface area contributed by atoms with E-state index in [4.69, 9.17) is 4.74 Å². The van der Waals surface area contributed by atoms with Crippen molar-refractivity contribution in [1.82, 2.24) is 14.7 Å². The lowest BCUT2D eigenvalue weighted by molar-refractivity contribution is -0.150. The summed E-state index contributed by atoms with van der Waals surface area (Å²) in [6.45, 7) is 6.08. The average molecular weight is 348 g/mol. The van der Waals surface area contributed by atoms with Gasteiger partial charge in [0.15, 0.2) is 0 Å². The number of rotatable bonds is 7. The third kappa shape index (κ3) is 4.60. The van der Waals surface area contributed by atoms with E-state index >= 15 is 0 Å². The van der Waals surface area contributed by atoms with Crippen molar-refractivity contribution in [3.05, 3.63) is 12.3 Å². The highest BCUT2D eigenvalue weighted by Crippen LogP contribution is 2.40. The predicted octanol–water partition coefficient (Wildman–Crippen LogP) is 2.07. The number of piperidine rings is 1. The molecule has 1 aromatic rings. The zero-order valence-corrected chi connectivity index (χ0v) is 15.1. The van der Waals surface area contributed by atoms with Crippen molar-refractivity contribution >= 4 is 17.7 Å². The van der Waals surface area contributed by atoms with E-state index in [-0.39, 0.29) is 17.8 Å². The molecule has 1 saturated carbocycles. The molecular formula is C18H28N4O3. The van der Waals surface area contributed by atoms with E-state index in [1.54, 1.807) is 6.20 Å². The van der Waals surface area contributed by atoms with Gasteiger partial charge in [-0.2, -0.15) is 5.10 Å². The van der Waals surface area contributed by atoms with E-state index in [2.05, 4.69) is 17.3 Å². The second kappa shape index (κ2) is 7.99. The maximum absolute atomic E-state index is 12.4. The van der Waals surface area contributed by atoms with Gasteiger partial charge in [0.05, 0.1) is 31.3 Å². The van der Waals surface area contributed by atoms with Gasteiger partial charge < -0.3 is 10.1 Å². The third-order valence-electron chi connectivity index (χ3n) is 5.12. The number of hydrogen-bond acceptors (Lipinski definition) is 5. The van der Waals surface area contributed by atoms with Crippen LogP contribution in [0.4, 0.5) is 5.82 Å². The van der Waals surface area contributed by atoms with E-state index in [0.717, 1.165) is 25.2 Å². The Morgan fingerprint density at radius 1 is 1.40 bits per heavy atom. The van der Waals surface area contributed by atoms with Crippen molar-refractivity contribution in [2.75, 3.05) is 31.6 Å². The van der Waals surface area contributed by atoms with Crippen LogP contribution in [0, 0.1) is 11.8 Å². The van der Waals surface area contributed by atoms with Crippen LogP contribution in [0.3, 0.4) is 0 Å². The van der Waals surface area contributed by atoms with Gasteiger partial charge in [-0.1, -0.05) is 0 Å². The van der Waals surface area contributed by atoms with Gasteiger partial charge in [0.2, 0.25) is 5.91 Å². The van der Waals surface area contributed by atoms with Crippen LogP contribution in [0.25, 0.3) is 0 Å². The van der Waals surface area contributed by atoms with E-state index < -0.39 is 0 Å². The van der Waals surface area contributed by atoms with Gasteiger partial charge in [-0.25, -0.2) is 4.68 Å². The highest BCUT2D eigenvalue weighted by Gasteiger charge is 2.31. The quantitative estimate of drug-likeness (QED) is 0.764. The molecule has 7 heteroatoms. The van der Waals surface area contributed by atoms with Gasteiger partial charge >= 0.3 is 5.97 Å². The molecule has 0 radical (unpaired) electrons. The highest BCUT2D eigenvalue weighted by molar-refractivity contribution is 5.91. The van der Waals surface area contributed by atoms with Gasteiger partial charge in [0.25, 0.3) is 0 Å². The smallest absolute Gasteiger partial charge is 0.310 e. The molecule has 25 heavy (non-hydrogen) atoms. The van der Waals surface area contributed by atoms with Crippen LogP contribution < -0.4 is 5.32 Å². The molecule has 0 spiro atoms. The summed E-state index contributed by atoms with van der Waals surface area (Å²) in [7, 11) is 0. The second-order valence-electron chi connectivity index (χ2n) is 7.11. The molecule has 1 amide bonds. The van der Waals surface area contributed by atoms with Crippen LogP contribution >= 0.6 is 0 Å². The number of esters is 1. The molecule has 7 nitrogen and oxygen atoms in total. The second-order valence-corrected chi connectivity index (χ2v) is 7.11. The summed E-state index contributed by atoms with van der Waals surface area (Å²) in [6.07, 6.45) is 5.94. The van der Waals surface area contributed by atoms with Gasteiger partial charge in [-0.15, -0.1) is 0 Å². The van der Waals surface area contributed by atoms with Crippen molar-refractivity contribution in [2.24, 2.45) is 11.8 Å². The van der Waals surface area contributed by atoms with Crippen LogP contribution in [0.2, 0.25) is 0 Å². The molecule has 1 N–H and O–H groups in total. The standard InChI is InChI=1S/C18H28N4O3/c1-3-25-18(24)15-5-4-10-21(11-15)12-17(23)20-16-8-9-19-22(16)13(2)14-6-7-14/h8-9,13-15H,3-7,10-12H2,1-2H3,(H,20,23). The molecule has 2 heterocycles. The van der Waals surface area contributed by atoms with Crippen molar-refractivity contribution in [2.45, 2.75) is 45.6 Å². The fourth-order valence-electron chi connectivity index (χ4n) is 3.55. The Labute approximate surface area is 148 Å². The first-order valence-electron chi connectivity index (χ1n) is 9.30. The predicted molar refractivity (Wildman–Crippen MR) is 94.1 cm³/mol. The van der Waals surface area contributed by atoms with Crippen LogP contribution in [-0.4, -0.2) is 52.8 Å².